The van der Waals surface area contributed by atoms with Gasteiger partial charge in [0, 0.05) is 42.1 Å². The van der Waals surface area contributed by atoms with Gasteiger partial charge in [-0.15, -0.1) is 0 Å². The monoisotopic (exact) mass is 323 g/mol. The fourth-order valence-corrected chi connectivity index (χ4v) is 2.36. The van der Waals surface area contributed by atoms with E-state index in [-0.39, 0.29) is 5.69 Å². The molecule has 0 radical (unpaired) electrons. The molecule has 0 saturated heterocycles. The van der Waals surface area contributed by atoms with Crippen LogP contribution < -0.4 is 5.32 Å². The highest BCUT2D eigenvalue weighted by atomic mass is 79.9. The van der Waals surface area contributed by atoms with Crippen LogP contribution >= 0.6 is 15.9 Å². The molecule has 100 valence electrons. The Hall–Kier alpha value is -1.66. The molecule has 2 rings (SSSR count). The zero-order valence-corrected chi connectivity index (χ0v) is 12.1. The number of nitro groups is 1. The van der Waals surface area contributed by atoms with E-state index in [1.54, 1.807) is 6.07 Å². The summed E-state index contributed by atoms with van der Waals surface area (Å²) in [6.45, 7) is 1.51. The number of nitrogens with zero attached hydrogens (tertiary/aromatic N) is 2. The first-order valence-corrected chi connectivity index (χ1v) is 6.61. The highest BCUT2D eigenvalue weighted by molar-refractivity contribution is 9.10. The molecular weight excluding hydrogens is 310 g/mol. The van der Waals surface area contributed by atoms with Gasteiger partial charge in [-0.2, -0.15) is 0 Å². The third kappa shape index (κ3) is 3.42. The lowest BCUT2D eigenvalue weighted by Gasteiger charge is -2.06. The van der Waals surface area contributed by atoms with Gasteiger partial charge in [0.2, 0.25) is 0 Å². The number of hydrogen-bond donors (Lipinski definition) is 1. The lowest BCUT2D eigenvalue weighted by molar-refractivity contribution is -0.384. The van der Waals surface area contributed by atoms with E-state index >= 15 is 0 Å². The van der Waals surface area contributed by atoms with Crippen molar-refractivity contribution < 1.29 is 4.92 Å². The number of nitro benzene ring substituents is 1. The molecule has 19 heavy (non-hydrogen) atoms. The van der Waals surface area contributed by atoms with Crippen molar-refractivity contribution in [2.75, 3.05) is 7.05 Å². The first-order valence-electron chi connectivity index (χ1n) is 5.82. The maximum absolute atomic E-state index is 10.7. The molecular formula is C13H14BrN3O2. The summed E-state index contributed by atoms with van der Waals surface area (Å²) in [5, 5.41) is 13.8. The summed E-state index contributed by atoms with van der Waals surface area (Å²) < 4.78 is 2.81. The molecule has 0 aliphatic rings. The van der Waals surface area contributed by atoms with E-state index in [0.717, 1.165) is 16.6 Å². The Morgan fingerprint density at radius 3 is 2.84 bits per heavy atom. The normalized spacial score (nSPS) is 10.6. The van der Waals surface area contributed by atoms with Crippen molar-refractivity contribution in [2.45, 2.75) is 13.1 Å². The predicted molar refractivity (Wildman–Crippen MR) is 77.1 cm³/mol. The predicted octanol–water partition coefficient (Wildman–Crippen LogP) is 2.93. The van der Waals surface area contributed by atoms with Crippen LogP contribution in [0.2, 0.25) is 0 Å². The third-order valence-corrected chi connectivity index (χ3v) is 3.53. The molecule has 1 aromatic heterocycles. The molecule has 0 bridgehead atoms. The van der Waals surface area contributed by atoms with Gasteiger partial charge in [0.25, 0.3) is 5.69 Å². The van der Waals surface area contributed by atoms with E-state index in [9.17, 15) is 10.1 Å². The summed E-state index contributed by atoms with van der Waals surface area (Å²) in [5.74, 6) is 0. The summed E-state index contributed by atoms with van der Waals surface area (Å²) >= 11 is 3.38. The lowest BCUT2D eigenvalue weighted by atomic mass is 10.2. The van der Waals surface area contributed by atoms with Gasteiger partial charge in [0.15, 0.2) is 0 Å². The Kier molecular flexibility index (Phi) is 4.34. The molecule has 0 saturated carbocycles. The first-order chi connectivity index (χ1) is 9.10. The maximum Gasteiger partial charge on any atom is 0.270 e. The second-order valence-electron chi connectivity index (χ2n) is 4.26. The number of hydrogen-bond acceptors (Lipinski definition) is 3. The van der Waals surface area contributed by atoms with E-state index in [2.05, 4.69) is 38.1 Å². The number of rotatable bonds is 5. The van der Waals surface area contributed by atoms with Crippen LogP contribution in [0.15, 0.2) is 41.1 Å². The van der Waals surface area contributed by atoms with Crippen molar-refractivity contribution >= 4 is 21.6 Å². The van der Waals surface area contributed by atoms with Crippen molar-refractivity contribution in [2.24, 2.45) is 0 Å². The topological polar surface area (TPSA) is 60.1 Å². The van der Waals surface area contributed by atoms with Gasteiger partial charge >= 0.3 is 0 Å². The number of nitrogens with one attached hydrogen (secondary N) is 1. The summed E-state index contributed by atoms with van der Waals surface area (Å²) in [4.78, 5) is 10.3. The molecule has 0 amide bonds. The first kappa shape index (κ1) is 13.8. The van der Waals surface area contributed by atoms with Crippen LogP contribution in [0.4, 0.5) is 5.69 Å². The second kappa shape index (κ2) is 5.99. The van der Waals surface area contributed by atoms with Gasteiger partial charge in [-0.3, -0.25) is 10.1 Å². The molecule has 0 fully saturated rings. The molecule has 1 aromatic carbocycles. The number of benzene rings is 1. The van der Waals surface area contributed by atoms with Crippen molar-refractivity contribution in [1.82, 2.24) is 9.88 Å². The van der Waals surface area contributed by atoms with Crippen LogP contribution in [-0.4, -0.2) is 16.5 Å². The van der Waals surface area contributed by atoms with Crippen LogP contribution in [0.3, 0.4) is 0 Å². The van der Waals surface area contributed by atoms with E-state index < -0.39 is 4.92 Å². The van der Waals surface area contributed by atoms with E-state index in [0.29, 0.717) is 6.54 Å². The average molecular weight is 324 g/mol. The summed E-state index contributed by atoms with van der Waals surface area (Å²) in [6.07, 6.45) is 4.06. The van der Waals surface area contributed by atoms with Crippen LogP contribution in [0, 0.1) is 10.1 Å². The SMILES string of the molecule is CNCc1ccn(Cc2ccc([N+](=O)[O-])cc2Br)c1. The minimum absolute atomic E-state index is 0.0963. The minimum Gasteiger partial charge on any atom is -0.350 e. The zero-order valence-electron chi connectivity index (χ0n) is 10.5. The van der Waals surface area contributed by atoms with Crippen molar-refractivity contribution in [3.63, 3.8) is 0 Å². The van der Waals surface area contributed by atoms with Gasteiger partial charge in [0.05, 0.1) is 4.92 Å². The number of non-ortho nitro benzene ring substituents is 1. The average Bonchev–Trinajstić information content (AvgIpc) is 2.79. The smallest absolute Gasteiger partial charge is 0.270 e. The van der Waals surface area contributed by atoms with Crippen molar-refractivity contribution in [3.8, 4) is 0 Å². The molecule has 1 heterocycles. The molecule has 2 aromatic rings. The van der Waals surface area contributed by atoms with E-state index in [1.165, 1.54) is 17.7 Å². The standard InChI is InChI=1S/C13H14BrN3O2/c1-15-7-10-4-5-16(8-10)9-11-2-3-12(17(18)19)6-13(11)14/h2-6,8,15H,7,9H2,1H3. The van der Waals surface area contributed by atoms with Gasteiger partial charge < -0.3 is 9.88 Å². The van der Waals surface area contributed by atoms with E-state index in [1.807, 2.05) is 13.2 Å². The number of aromatic nitrogens is 1. The van der Waals surface area contributed by atoms with Crippen molar-refractivity contribution in [3.05, 3.63) is 62.4 Å². The maximum atomic E-state index is 10.7. The highest BCUT2D eigenvalue weighted by Crippen LogP contribution is 2.23. The van der Waals surface area contributed by atoms with Gasteiger partial charge in [-0.25, -0.2) is 0 Å². The molecule has 0 spiro atoms. The molecule has 6 heteroatoms. The lowest BCUT2D eigenvalue weighted by Crippen LogP contribution is -2.04. The van der Waals surface area contributed by atoms with Gasteiger partial charge in [-0.05, 0) is 30.3 Å². The molecule has 0 aliphatic heterocycles. The highest BCUT2D eigenvalue weighted by Gasteiger charge is 2.09. The Morgan fingerprint density at radius 1 is 1.42 bits per heavy atom. The second-order valence-corrected chi connectivity index (χ2v) is 5.11. The quantitative estimate of drug-likeness (QED) is 0.679. The molecule has 0 unspecified atom stereocenters. The van der Waals surface area contributed by atoms with Crippen LogP contribution in [0.25, 0.3) is 0 Å². The summed E-state index contributed by atoms with van der Waals surface area (Å²) in [6, 6.07) is 6.89. The van der Waals surface area contributed by atoms with Gasteiger partial charge in [0.1, 0.15) is 0 Å². The Bertz CT molecular complexity index is 595. The molecule has 5 nitrogen and oxygen atoms in total. The van der Waals surface area contributed by atoms with Gasteiger partial charge in [-0.1, -0.05) is 15.9 Å². The molecule has 0 aliphatic carbocycles. The Labute approximate surface area is 119 Å². The van der Waals surface area contributed by atoms with Crippen LogP contribution in [0.1, 0.15) is 11.1 Å². The fraction of sp³-hybridized carbons (Fsp3) is 0.231. The van der Waals surface area contributed by atoms with E-state index in [4.69, 9.17) is 0 Å². The van der Waals surface area contributed by atoms with Crippen molar-refractivity contribution in [1.29, 1.82) is 0 Å². The van der Waals surface area contributed by atoms with Crippen LogP contribution in [0.5, 0.6) is 0 Å². The third-order valence-electron chi connectivity index (χ3n) is 2.79. The molecule has 0 atom stereocenters. The zero-order chi connectivity index (χ0) is 13.8. The fourth-order valence-electron chi connectivity index (χ4n) is 1.87. The molecule has 1 N–H and O–H groups in total. The minimum atomic E-state index is -0.394. The summed E-state index contributed by atoms with van der Waals surface area (Å²) in [7, 11) is 1.91. The van der Waals surface area contributed by atoms with Crippen LogP contribution in [-0.2, 0) is 13.1 Å². The number of halogens is 1. The summed E-state index contributed by atoms with van der Waals surface area (Å²) in [5.41, 5.74) is 2.32. The Balaban J connectivity index is 2.16. The Morgan fingerprint density at radius 2 is 2.21 bits per heavy atom. The largest absolute Gasteiger partial charge is 0.350 e.